The van der Waals surface area contributed by atoms with Gasteiger partial charge in [0.05, 0.1) is 19.3 Å². The van der Waals surface area contributed by atoms with E-state index in [9.17, 15) is 0 Å². The zero-order valence-electron chi connectivity index (χ0n) is 15.2. The molecule has 1 aliphatic rings. The summed E-state index contributed by atoms with van der Waals surface area (Å²) in [6, 6.07) is 1.95. The van der Waals surface area contributed by atoms with Crippen molar-refractivity contribution in [2.24, 2.45) is 18.0 Å². The number of aliphatic imine (C=N–C) groups is 1. The molecule has 2 unspecified atom stereocenters. The molecule has 3 heterocycles. The Morgan fingerprint density at radius 1 is 1.48 bits per heavy atom. The van der Waals surface area contributed by atoms with E-state index in [0.717, 1.165) is 37.7 Å². The number of nitrogens with one attached hydrogen (secondary N) is 1. The number of hydrogen-bond donors (Lipinski definition) is 1. The van der Waals surface area contributed by atoms with Crippen LogP contribution in [0.15, 0.2) is 35.8 Å². The van der Waals surface area contributed by atoms with Crippen molar-refractivity contribution < 1.29 is 4.74 Å². The van der Waals surface area contributed by atoms with E-state index in [-0.39, 0.29) is 6.10 Å². The van der Waals surface area contributed by atoms with Gasteiger partial charge in [-0.3, -0.25) is 14.4 Å². The Hall–Kier alpha value is -2.35. The molecule has 0 radical (unpaired) electrons. The molecule has 136 valence electrons. The van der Waals surface area contributed by atoms with Crippen LogP contribution in [-0.2, 0) is 18.3 Å². The summed E-state index contributed by atoms with van der Waals surface area (Å²) >= 11 is 0. The fourth-order valence-corrected chi connectivity index (χ4v) is 3.04. The summed E-state index contributed by atoms with van der Waals surface area (Å²) < 4.78 is 9.68. The van der Waals surface area contributed by atoms with E-state index in [1.54, 1.807) is 0 Å². The molecular formula is C17H27N7O. The Morgan fingerprint density at radius 2 is 2.36 bits per heavy atom. The van der Waals surface area contributed by atoms with E-state index >= 15 is 0 Å². The summed E-state index contributed by atoms with van der Waals surface area (Å²) in [6.07, 6.45) is 7.71. The van der Waals surface area contributed by atoms with Crippen molar-refractivity contribution in [2.45, 2.75) is 19.6 Å². The van der Waals surface area contributed by atoms with Gasteiger partial charge in [-0.05, 0) is 12.0 Å². The molecule has 2 aromatic rings. The number of rotatable bonds is 5. The Labute approximate surface area is 148 Å². The molecule has 0 saturated carbocycles. The van der Waals surface area contributed by atoms with E-state index < -0.39 is 0 Å². The summed E-state index contributed by atoms with van der Waals surface area (Å²) in [5.74, 6) is 1.37. The second kappa shape index (κ2) is 8.15. The maximum absolute atomic E-state index is 5.91. The number of ether oxygens (including phenoxy) is 1. The summed E-state index contributed by atoms with van der Waals surface area (Å²) in [7, 11) is 3.75. The molecule has 0 amide bonds. The number of hydrogen-bond acceptors (Lipinski definition) is 4. The maximum Gasteiger partial charge on any atom is 0.193 e. The Morgan fingerprint density at radius 3 is 3.04 bits per heavy atom. The fraction of sp³-hybridized carbons (Fsp3) is 0.588. The lowest BCUT2D eigenvalue weighted by molar-refractivity contribution is -0.00808. The van der Waals surface area contributed by atoms with Gasteiger partial charge in [0.25, 0.3) is 0 Å². The minimum absolute atomic E-state index is 0.0301. The molecule has 3 rings (SSSR count). The minimum atomic E-state index is 0.0301. The van der Waals surface area contributed by atoms with Crippen LogP contribution in [0.4, 0.5) is 0 Å². The summed E-state index contributed by atoms with van der Waals surface area (Å²) in [4.78, 5) is 6.70. The van der Waals surface area contributed by atoms with Gasteiger partial charge in [0.15, 0.2) is 5.96 Å². The number of aryl methyl sites for hydroxylation is 1. The first-order chi connectivity index (χ1) is 12.2. The Kier molecular flexibility index (Phi) is 5.70. The van der Waals surface area contributed by atoms with Crippen molar-refractivity contribution in [2.75, 3.05) is 33.3 Å². The first kappa shape index (κ1) is 17.5. The molecule has 0 spiro atoms. The Balaban J connectivity index is 1.53. The van der Waals surface area contributed by atoms with Crippen LogP contribution in [0.25, 0.3) is 0 Å². The molecule has 0 aromatic carbocycles. The first-order valence-corrected chi connectivity index (χ1v) is 8.69. The van der Waals surface area contributed by atoms with Crippen LogP contribution in [0, 0.1) is 5.92 Å². The summed E-state index contributed by atoms with van der Waals surface area (Å²) in [6.45, 7) is 6.24. The standard InChI is InChI=1S/C17H27N7O/c1-14(11-24-6-4-5-20-24)9-19-17(18-2)23-7-8-25-16(13-23)15-10-21-22(3)12-15/h4-6,10,12,14,16H,7-9,11,13H2,1-3H3,(H,18,19). The van der Waals surface area contributed by atoms with Gasteiger partial charge < -0.3 is 15.0 Å². The molecular weight excluding hydrogens is 318 g/mol. The van der Waals surface area contributed by atoms with Gasteiger partial charge in [-0.25, -0.2) is 0 Å². The number of guanidine groups is 1. The monoisotopic (exact) mass is 345 g/mol. The third-order valence-electron chi connectivity index (χ3n) is 4.34. The number of morpholine rings is 1. The van der Waals surface area contributed by atoms with Gasteiger partial charge in [0, 0.05) is 57.9 Å². The van der Waals surface area contributed by atoms with Crippen LogP contribution in [-0.4, -0.2) is 63.7 Å². The van der Waals surface area contributed by atoms with Gasteiger partial charge in [-0.2, -0.15) is 10.2 Å². The van der Waals surface area contributed by atoms with E-state index in [1.807, 2.05) is 54.3 Å². The SMILES string of the molecule is CN=C(NCC(C)Cn1cccn1)N1CCOC(c2cnn(C)c2)C1. The van der Waals surface area contributed by atoms with Gasteiger partial charge in [-0.1, -0.05) is 6.92 Å². The maximum atomic E-state index is 5.91. The second-order valence-electron chi connectivity index (χ2n) is 6.51. The van der Waals surface area contributed by atoms with Crippen molar-refractivity contribution in [3.05, 3.63) is 36.4 Å². The molecule has 1 aliphatic heterocycles. The highest BCUT2D eigenvalue weighted by atomic mass is 16.5. The lowest BCUT2D eigenvalue weighted by Gasteiger charge is -2.35. The highest BCUT2D eigenvalue weighted by Crippen LogP contribution is 2.21. The van der Waals surface area contributed by atoms with Crippen molar-refractivity contribution >= 4 is 5.96 Å². The fourth-order valence-electron chi connectivity index (χ4n) is 3.04. The third kappa shape index (κ3) is 4.60. The number of aromatic nitrogens is 4. The molecule has 1 N–H and O–H groups in total. The second-order valence-corrected chi connectivity index (χ2v) is 6.51. The molecule has 1 fully saturated rings. The predicted octanol–water partition coefficient (Wildman–Crippen LogP) is 0.902. The van der Waals surface area contributed by atoms with Gasteiger partial charge in [0.2, 0.25) is 0 Å². The summed E-state index contributed by atoms with van der Waals surface area (Å²) in [5, 5.41) is 12.0. The molecule has 0 aliphatic carbocycles. The van der Waals surface area contributed by atoms with E-state index in [4.69, 9.17) is 4.74 Å². The van der Waals surface area contributed by atoms with Crippen molar-refractivity contribution in [3.8, 4) is 0 Å². The topological polar surface area (TPSA) is 72.5 Å². The molecule has 1 saturated heterocycles. The van der Waals surface area contributed by atoms with Crippen LogP contribution in [0.2, 0.25) is 0 Å². The first-order valence-electron chi connectivity index (χ1n) is 8.69. The molecule has 2 atom stereocenters. The Bertz CT molecular complexity index is 679. The highest BCUT2D eigenvalue weighted by Gasteiger charge is 2.25. The minimum Gasteiger partial charge on any atom is -0.370 e. The molecule has 2 aromatic heterocycles. The normalized spacial score (nSPS) is 19.9. The third-order valence-corrected chi connectivity index (χ3v) is 4.34. The molecule has 25 heavy (non-hydrogen) atoms. The molecule has 8 heteroatoms. The zero-order chi connectivity index (χ0) is 17.6. The van der Waals surface area contributed by atoms with Crippen LogP contribution in [0.3, 0.4) is 0 Å². The van der Waals surface area contributed by atoms with Crippen LogP contribution in [0.5, 0.6) is 0 Å². The highest BCUT2D eigenvalue weighted by molar-refractivity contribution is 5.80. The molecule has 0 bridgehead atoms. The van der Waals surface area contributed by atoms with Crippen LogP contribution in [0.1, 0.15) is 18.6 Å². The predicted molar refractivity (Wildman–Crippen MR) is 96.2 cm³/mol. The van der Waals surface area contributed by atoms with Gasteiger partial charge in [0.1, 0.15) is 6.10 Å². The van der Waals surface area contributed by atoms with Crippen molar-refractivity contribution in [1.82, 2.24) is 29.8 Å². The number of nitrogens with zero attached hydrogens (tertiary/aromatic N) is 6. The molecule has 8 nitrogen and oxygen atoms in total. The smallest absolute Gasteiger partial charge is 0.193 e. The average molecular weight is 345 g/mol. The van der Waals surface area contributed by atoms with Gasteiger partial charge in [-0.15, -0.1) is 0 Å². The lowest BCUT2D eigenvalue weighted by Crippen LogP contribution is -2.49. The van der Waals surface area contributed by atoms with E-state index in [1.165, 1.54) is 0 Å². The zero-order valence-corrected chi connectivity index (χ0v) is 15.2. The van der Waals surface area contributed by atoms with Crippen LogP contribution >= 0.6 is 0 Å². The quantitative estimate of drug-likeness (QED) is 0.644. The van der Waals surface area contributed by atoms with Crippen LogP contribution < -0.4 is 5.32 Å². The summed E-state index contributed by atoms with van der Waals surface area (Å²) in [5.41, 5.74) is 1.11. The van der Waals surface area contributed by atoms with E-state index in [0.29, 0.717) is 12.5 Å². The van der Waals surface area contributed by atoms with Crippen molar-refractivity contribution in [1.29, 1.82) is 0 Å². The average Bonchev–Trinajstić information content (AvgIpc) is 3.27. The largest absolute Gasteiger partial charge is 0.370 e. The van der Waals surface area contributed by atoms with E-state index in [2.05, 4.69) is 32.3 Å². The lowest BCUT2D eigenvalue weighted by atomic mass is 10.1. The van der Waals surface area contributed by atoms with Crippen molar-refractivity contribution in [3.63, 3.8) is 0 Å². The van der Waals surface area contributed by atoms with Gasteiger partial charge >= 0.3 is 0 Å².